The quantitative estimate of drug-likeness (QED) is 0.129. The minimum absolute atomic E-state index is 0.0327. The molecule has 2 aromatic heterocycles. The van der Waals surface area contributed by atoms with Gasteiger partial charge in [-0.15, -0.1) is 22.7 Å². The number of benzene rings is 4. The third-order valence-electron chi connectivity index (χ3n) is 11.0. The number of rotatable bonds is 10. The molecule has 2 aliphatic heterocycles. The van der Waals surface area contributed by atoms with Gasteiger partial charge in [-0.3, -0.25) is 14.4 Å². The lowest BCUT2D eigenvalue weighted by Crippen LogP contribution is -2.35. The Morgan fingerprint density at radius 1 is 0.690 bits per heavy atom. The second kappa shape index (κ2) is 17.1. The van der Waals surface area contributed by atoms with E-state index in [0.29, 0.717) is 13.0 Å². The van der Waals surface area contributed by atoms with Gasteiger partial charge in [0.25, 0.3) is 5.91 Å². The van der Waals surface area contributed by atoms with Crippen molar-refractivity contribution in [3.63, 3.8) is 0 Å². The van der Waals surface area contributed by atoms with E-state index in [2.05, 4.69) is 53.5 Å². The standard InChI is InChI=1S/C48H47N5O3S2/c1-48(2,3)47(56)51-29-38(35-14-8-5-9-15-35)46(55)53-27-11-17-40(53)45-50-31-42(58-45)37-24-20-34(21-25-37)33-18-22-36(23-19-33)41-30-49-44(57-41)39-16-10-26-52(39)43(54)28-32-12-6-4-7-13-32/h4-9,12-15,18-25,29-31,38-40H,10-11,16-17,26-28H2,1-3H3/t38?,39-,40-/m0/s1. The van der Waals surface area contributed by atoms with E-state index in [1.165, 1.54) is 6.21 Å². The molecule has 0 spiro atoms. The Hall–Kier alpha value is -5.58. The molecule has 0 aliphatic carbocycles. The molecule has 0 bridgehead atoms. The zero-order valence-electron chi connectivity index (χ0n) is 33.1. The van der Waals surface area contributed by atoms with Crippen molar-refractivity contribution in [1.29, 1.82) is 0 Å². The first-order chi connectivity index (χ1) is 28.1. The number of hydrogen-bond donors (Lipinski definition) is 0. The predicted molar refractivity (Wildman–Crippen MR) is 234 cm³/mol. The molecule has 0 radical (unpaired) electrons. The second-order valence-electron chi connectivity index (χ2n) is 16.1. The van der Waals surface area contributed by atoms with Crippen LogP contribution in [0.3, 0.4) is 0 Å². The van der Waals surface area contributed by atoms with E-state index >= 15 is 0 Å². The summed E-state index contributed by atoms with van der Waals surface area (Å²) in [7, 11) is 0. The van der Waals surface area contributed by atoms with Gasteiger partial charge in [0.2, 0.25) is 11.8 Å². The third kappa shape index (κ3) is 8.63. The SMILES string of the molecule is CC(C)(C)C(=O)N=CC(C(=O)N1CCC[C@H]1c1ncc(-c2ccc(-c3ccc(-c4cnc([C@@H]5CCCN5C(=O)Cc5ccccc5)s4)cc3)cc2)s1)c1ccccc1. The number of carbonyl (C=O) groups is 3. The number of hydrogen-bond acceptors (Lipinski definition) is 7. The zero-order valence-corrected chi connectivity index (χ0v) is 34.7. The molecule has 294 valence electrons. The number of nitrogens with zero attached hydrogens (tertiary/aromatic N) is 5. The second-order valence-corrected chi connectivity index (χ2v) is 18.2. The Bertz CT molecular complexity index is 2400. The molecule has 3 amide bonds. The third-order valence-corrected chi connectivity index (χ3v) is 13.3. The molecule has 8 nitrogen and oxygen atoms in total. The Kier molecular flexibility index (Phi) is 11.6. The molecule has 4 heterocycles. The number of likely N-dealkylation sites (tertiary alicyclic amines) is 2. The summed E-state index contributed by atoms with van der Waals surface area (Å²) in [5.74, 6) is -0.805. The molecule has 10 heteroatoms. The zero-order chi connectivity index (χ0) is 40.2. The first-order valence-electron chi connectivity index (χ1n) is 20.0. The van der Waals surface area contributed by atoms with Crippen molar-refractivity contribution >= 4 is 46.6 Å². The summed E-state index contributed by atoms with van der Waals surface area (Å²) in [5.41, 5.74) is 5.66. The van der Waals surface area contributed by atoms with Crippen LogP contribution >= 0.6 is 22.7 Å². The van der Waals surface area contributed by atoms with E-state index < -0.39 is 11.3 Å². The van der Waals surface area contributed by atoms with E-state index in [1.807, 2.05) is 104 Å². The van der Waals surface area contributed by atoms with E-state index in [4.69, 9.17) is 9.97 Å². The van der Waals surface area contributed by atoms with Crippen molar-refractivity contribution < 1.29 is 14.4 Å². The fraction of sp³-hybridized carbons (Fsp3) is 0.292. The average Bonchev–Trinajstić information content (AvgIpc) is 4.09. The number of amides is 3. The molecular formula is C48H47N5O3S2. The van der Waals surface area contributed by atoms with Gasteiger partial charge in [-0.25, -0.2) is 15.0 Å². The van der Waals surface area contributed by atoms with E-state index in [0.717, 1.165) is 85.4 Å². The topological polar surface area (TPSA) is 95.8 Å². The summed E-state index contributed by atoms with van der Waals surface area (Å²) < 4.78 is 0. The van der Waals surface area contributed by atoms with Crippen LogP contribution in [0.5, 0.6) is 0 Å². The molecular weight excluding hydrogens is 759 g/mol. The smallest absolute Gasteiger partial charge is 0.250 e. The summed E-state index contributed by atoms with van der Waals surface area (Å²) in [6.45, 7) is 6.90. The molecule has 58 heavy (non-hydrogen) atoms. The normalized spacial score (nSPS) is 17.6. The summed E-state index contributed by atoms with van der Waals surface area (Å²) in [6.07, 6.45) is 9.46. The van der Waals surface area contributed by atoms with Crippen molar-refractivity contribution in [2.45, 2.75) is 70.9 Å². The lowest BCUT2D eigenvalue weighted by molar-refractivity contribution is -0.132. The summed E-state index contributed by atoms with van der Waals surface area (Å²) in [6, 6.07) is 36.6. The van der Waals surface area contributed by atoms with Gasteiger partial charge in [-0.05, 0) is 59.1 Å². The van der Waals surface area contributed by atoms with Gasteiger partial charge in [-0.1, -0.05) is 130 Å². The van der Waals surface area contributed by atoms with Gasteiger partial charge in [0.15, 0.2) is 0 Å². The molecule has 2 aliphatic rings. The predicted octanol–water partition coefficient (Wildman–Crippen LogP) is 10.6. The number of aromatic nitrogens is 2. The fourth-order valence-electron chi connectivity index (χ4n) is 7.75. The van der Waals surface area contributed by atoms with Crippen molar-refractivity contribution in [3.8, 4) is 32.0 Å². The van der Waals surface area contributed by atoms with Crippen LogP contribution in [0.25, 0.3) is 32.0 Å². The fourth-order valence-corrected chi connectivity index (χ4v) is 9.90. The van der Waals surface area contributed by atoms with Gasteiger partial charge in [0.1, 0.15) is 10.0 Å². The summed E-state index contributed by atoms with van der Waals surface area (Å²) >= 11 is 3.31. The number of aliphatic imine (C=N–C) groups is 1. The summed E-state index contributed by atoms with van der Waals surface area (Å²) in [4.78, 5) is 60.1. The number of carbonyl (C=O) groups excluding carboxylic acids is 3. The largest absolute Gasteiger partial charge is 0.333 e. The maximum atomic E-state index is 14.2. The molecule has 8 rings (SSSR count). The minimum atomic E-state index is -0.654. The van der Waals surface area contributed by atoms with Gasteiger partial charge < -0.3 is 9.80 Å². The molecule has 1 unspecified atom stereocenters. The van der Waals surface area contributed by atoms with E-state index in [9.17, 15) is 14.4 Å². The van der Waals surface area contributed by atoms with Crippen LogP contribution in [0.4, 0.5) is 0 Å². The van der Waals surface area contributed by atoms with Gasteiger partial charge in [-0.2, -0.15) is 0 Å². The Morgan fingerprint density at radius 2 is 1.17 bits per heavy atom. The van der Waals surface area contributed by atoms with Crippen molar-refractivity contribution in [3.05, 3.63) is 143 Å². The highest BCUT2D eigenvalue weighted by atomic mass is 32.1. The average molecular weight is 806 g/mol. The van der Waals surface area contributed by atoms with Gasteiger partial charge in [0.05, 0.1) is 34.2 Å². The highest BCUT2D eigenvalue weighted by Gasteiger charge is 2.36. The lowest BCUT2D eigenvalue weighted by Gasteiger charge is -2.26. The molecule has 4 aromatic carbocycles. The van der Waals surface area contributed by atoms with E-state index in [1.54, 1.807) is 22.7 Å². The van der Waals surface area contributed by atoms with Crippen LogP contribution in [0, 0.1) is 5.41 Å². The summed E-state index contributed by atoms with van der Waals surface area (Å²) in [5, 5.41) is 1.92. The molecule has 3 atom stereocenters. The molecule has 0 N–H and O–H groups in total. The van der Waals surface area contributed by atoms with Crippen molar-refractivity contribution in [2.24, 2.45) is 10.4 Å². The minimum Gasteiger partial charge on any atom is -0.333 e. The van der Waals surface area contributed by atoms with Crippen molar-refractivity contribution in [1.82, 2.24) is 19.8 Å². The van der Waals surface area contributed by atoms with Crippen LogP contribution in [0.2, 0.25) is 0 Å². The first kappa shape index (κ1) is 39.3. The van der Waals surface area contributed by atoms with Crippen LogP contribution in [-0.4, -0.2) is 56.8 Å². The number of thiazole rings is 2. The van der Waals surface area contributed by atoms with Gasteiger partial charge >= 0.3 is 0 Å². The molecule has 2 fully saturated rings. The molecule has 0 saturated carbocycles. The monoisotopic (exact) mass is 805 g/mol. The first-order valence-corrected chi connectivity index (χ1v) is 21.7. The van der Waals surface area contributed by atoms with Crippen molar-refractivity contribution in [2.75, 3.05) is 13.1 Å². The van der Waals surface area contributed by atoms with Crippen LogP contribution in [0.15, 0.2) is 127 Å². The van der Waals surface area contributed by atoms with Crippen LogP contribution < -0.4 is 0 Å². The maximum Gasteiger partial charge on any atom is 0.250 e. The Morgan fingerprint density at radius 3 is 1.71 bits per heavy atom. The van der Waals surface area contributed by atoms with Gasteiger partial charge in [0, 0.05) is 37.1 Å². The van der Waals surface area contributed by atoms with Crippen LogP contribution in [0.1, 0.15) is 85.6 Å². The molecule has 6 aromatic rings. The lowest BCUT2D eigenvalue weighted by atomic mass is 9.95. The highest BCUT2D eigenvalue weighted by Crippen LogP contribution is 2.40. The van der Waals surface area contributed by atoms with E-state index in [-0.39, 0.29) is 29.8 Å². The maximum absolute atomic E-state index is 14.2. The highest BCUT2D eigenvalue weighted by molar-refractivity contribution is 7.15. The molecule has 2 saturated heterocycles. The Labute approximate surface area is 348 Å². The Balaban J connectivity index is 0.925. The van der Waals surface area contributed by atoms with Crippen LogP contribution in [-0.2, 0) is 20.8 Å².